The van der Waals surface area contributed by atoms with Crippen LogP contribution in [0.25, 0.3) is 0 Å². The molecule has 130 valence electrons. The molecule has 0 aliphatic carbocycles. The highest BCUT2D eigenvalue weighted by Gasteiger charge is 2.14. The summed E-state index contributed by atoms with van der Waals surface area (Å²) >= 11 is 0. The largest absolute Gasteiger partial charge is 0.496 e. The van der Waals surface area contributed by atoms with Crippen LogP contribution in [0.3, 0.4) is 0 Å². The van der Waals surface area contributed by atoms with Crippen molar-refractivity contribution in [3.8, 4) is 11.5 Å². The number of hydrogen-bond donors (Lipinski definition) is 0. The molecule has 6 nitrogen and oxygen atoms in total. The van der Waals surface area contributed by atoms with Gasteiger partial charge in [0.2, 0.25) is 5.78 Å². The fourth-order valence-electron chi connectivity index (χ4n) is 2.07. The molecule has 0 N–H and O–H groups in total. The maximum atomic E-state index is 12.1. The Kier molecular flexibility index (Phi) is 6.28. The zero-order valence-corrected chi connectivity index (χ0v) is 14.0. The zero-order chi connectivity index (χ0) is 18.2. The maximum absolute atomic E-state index is 12.1. The molecule has 0 spiro atoms. The van der Waals surface area contributed by atoms with E-state index in [4.69, 9.17) is 14.2 Å². The highest BCUT2D eigenvalue weighted by molar-refractivity contribution is 6.00. The Morgan fingerprint density at radius 3 is 2.24 bits per heavy atom. The van der Waals surface area contributed by atoms with Gasteiger partial charge in [-0.25, -0.2) is 4.79 Å². The Hall–Kier alpha value is -3.15. The number of benzene rings is 2. The van der Waals surface area contributed by atoms with E-state index in [1.807, 2.05) is 0 Å². The minimum absolute atomic E-state index is 0.0548. The average Bonchev–Trinajstić information content (AvgIpc) is 2.64. The van der Waals surface area contributed by atoms with Crippen LogP contribution in [-0.4, -0.2) is 37.9 Å². The van der Waals surface area contributed by atoms with Crippen LogP contribution in [0.15, 0.2) is 48.5 Å². The fourth-order valence-corrected chi connectivity index (χ4v) is 2.07. The van der Waals surface area contributed by atoms with Crippen LogP contribution in [0.5, 0.6) is 11.5 Å². The van der Waals surface area contributed by atoms with Gasteiger partial charge >= 0.3 is 5.97 Å². The van der Waals surface area contributed by atoms with Crippen LogP contribution in [-0.2, 0) is 9.53 Å². The summed E-state index contributed by atoms with van der Waals surface area (Å²) in [6.45, 7) is 0.733. The van der Waals surface area contributed by atoms with Gasteiger partial charge in [0.1, 0.15) is 11.5 Å². The fraction of sp³-hybridized carbons (Fsp3) is 0.211. The predicted molar refractivity (Wildman–Crippen MR) is 90.2 cm³/mol. The van der Waals surface area contributed by atoms with Gasteiger partial charge in [-0.3, -0.25) is 9.59 Å². The minimum atomic E-state index is -0.668. The Morgan fingerprint density at radius 1 is 0.920 bits per heavy atom. The number of rotatable bonds is 8. The van der Waals surface area contributed by atoms with Crippen LogP contribution in [0.2, 0.25) is 0 Å². The Morgan fingerprint density at radius 2 is 1.60 bits per heavy atom. The van der Waals surface area contributed by atoms with Crippen molar-refractivity contribution in [3.05, 3.63) is 59.7 Å². The second-order valence-corrected chi connectivity index (χ2v) is 5.15. The van der Waals surface area contributed by atoms with E-state index >= 15 is 0 Å². The van der Waals surface area contributed by atoms with Crippen molar-refractivity contribution in [1.29, 1.82) is 0 Å². The molecule has 0 bridgehead atoms. The summed E-state index contributed by atoms with van der Waals surface area (Å²) in [7, 11) is 1.46. The number of esters is 1. The van der Waals surface area contributed by atoms with Crippen molar-refractivity contribution in [2.45, 2.75) is 6.92 Å². The molecule has 0 radical (unpaired) electrons. The van der Waals surface area contributed by atoms with Crippen LogP contribution in [0.1, 0.15) is 27.6 Å². The van der Waals surface area contributed by atoms with Crippen LogP contribution < -0.4 is 9.47 Å². The number of ether oxygens (including phenoxy) is 3. The molecule has 0 saturated carbocycles. The standard InChI is InChI=1S/C19H18O6/c1-13(20)14-7-9-15(10-8-14)24-12-19(22)25-11-17(21)16-5-3-4-6-18(16)23-2/h3-10H,11-12H2,1-2H3. The molecule has 0 atom stereocenters. The van der Waals surface area contributed by atoms with Gasteiger partial charge in [0.25, 0.3) is 0 Å². The molecule has 0 heterocycles. The molecule has 2 aromatic carbocycles. The van der Waals surface area contributed by atoms with E-state index in [0.29, 0.717) is 22.6 Å². The monoisotopic (exact) mass is 342 g/mol. The van der Waals surface area contributed by atoms with Crippen molar-refractivity contribution in [1.82, 2.24) is 0 Å². The van der Waals surface area contributed by atoms with Gasteiger partial charge in [0, 0.05) is 5.56 Å². The van der Waals surface area contributed by atoms with Gasteiger partial charge in [0.05, 0.1) is 12.7 Å². The lowest BCUT2D eigenvalue weighted by Crippen LogP contribution is -2.19. The second-order valence-electron chi connectivity index (χ2n) is 5.15. The van der Waals surface area contributed by atoms with E-state index in [2.05, 4.69) is 0 Å². The third kappa shape index (κ3) is 5.17. The third-order valence-corrected chi connectivity index (χ3v) is 3.39. The van der Waals surface area contributed by atoms with Crippen LogP contribution in [0.4, 0.5) is 0 Å². The average molecular weight is 342 g/mol. The number of para-hydroxylation sites is 1. The molecule has 0 unspecified atom stereocenters. The number of hydrogen-bond acceptors (Lipinski definition) is 6. The third-order valence-electron chi connectivity index (χ3n) is 3.39. The first-order chi connectivity index (χ1) is 12.0. The van der Waals surface area contributed by atoms with E-state index in [0.717, 1.165) is 0 Å². The zero-order valence-electron chi connectivity index (χ0n) is 14.0. The van der Waals surface area contributed by atoms with Gasteiger partial charge in [-0.05, 0) is 43.3 Å². The highest BCUT2D eigenvalue weighted by atomic mass is 16.6. The van der Waals surface area contributed by atoms with E-state index in [1.165, 1.54) is 14.0 Å². The number of ketones is 2. The first kappa shape index (κ1) is 18.2. The van der Waals surface area contributed by atoms with Crippen molar-refractivity contribution in [2.24, 2.45) is 0 Å². The van der Waals surface area contributed by atoms with Crippen LogP contribution in [0, 0.1) is 0 Å². The molecule has 0 aliphatic heterocycles. The van der Waals surface area contributed by atoms with Gasteiger partial charge in [-0.1, -0.05) is 12.1 Å². The molecule has 2 aromatic rings. The smallest absolute Gasteiger partial charge is 0.344 e. The minimum Gasteiger partial charge on any atom is -0.496 e. The summed E-state index contributed by atoms with van der Waals surface area (Å²) in [5.74, 6) is -0.236. The summed E-state index contributed by atoms with van der Waals surface area (Å²) in [5, 5.41) is 0. The first-order valence-electron chi connectivity index (χ1n) is 7.57. The Bertz CT molecular complexity index is 764. The normalized spacial score (nSPS) is 10.0. The van der Waals surface area contributed by atoms with Crippen molar-refractivity contribution in [3.63, 3.8) is 0 Å². The molecule has 2 rings (SSSR count). The maximum Gasteiger partial charge on any atom is 0.344 e. The summed E-state index contributed by atoms with van der Waals surface area (Å²) in [4.78, 5) is 35.0. The Balaban J connectivity index is 1.82. The summed E-state index contributed by atoms with van der Waals surface area (Å²) in [5.41, 5.74) is 0.899. The van der Waals surface area contributed by atoms with Crippen LogP contribution >= 0.6 is 0 Å². The lowest BCUT2D eigenvalue weighted by Gasteiger charge is -2.09. The predicted octanol–water partition coefficient (Wildman–Crippen LogP) is 2.70. The van der Waals surface area contributed by atoms with E-state index in [-0.39, 0.29) is 18.2 Å². The summed E-state index contributed by atoms with van der Waals surface area (Å²) in [6.07, 6.45) is 0. The first-order valence-corrected chi connectivity index (χ1v) is 7.57. The topological polar surface area (TPSA) is 78.9 Å². The van der Waals surface area contributed by atoms with Crippen molar-refractivity contribution in [2.75, 3.05) is 20.3 Å². The van der Waals surface area contributed by atoms with Gasteiger partial charge in [0.15, 0.2) is 19.0 Å². The second kappa shape index (κ2) is 8.63. The van der Waals surface area contributed by atoms with E-state index in [9.17, 15) is 14.4 Å². The summed E-state index contributed by atoms with van der Waals surface area (Å²) in [6, 6.07) is 13.1. The van der Waals surface area contributed by atoms with E-state index < -0.39 is 12.6 Å². The molecule has 6 heteroatoms. The quantitative estimate of drug-likeness (QED) is 0.542. The molecule has 0 amide bonds. The number of Topliss-reactive ketones (excluding diaryl/α,β-unsaturated/α-hetero) is 2. The van der Waals surface area contributed by atoms with Gasteiger partial charge < -0.3 is 14.2 Å². The molecule has 25 heavy (non-hydrogen) atoms. The van der Waals surface area contributed by atoms with Gasteiger partial charge in [-0.2, -0.15) is 0 Å². The number of carbonyl (C=O) groups excluding carboxylic acids is 3. The lowest BCUT2D eigenvalue weighted by molar-refractivity contribution is -0.144. The number of methoxy groups -OCH3 is 1. The van der Waals surface area contributed by atoms with E-state index in [1.54, 1.807) is 48.5 Å². The highest BCUT2D eigenvalue weighted by Crippen LogP contribution is 2.18. The van der Waals surface area contributed by atoms with Gasteiger partial charge in [-0.15, -0.1) is 0 Å². The SMILES string of the molecule is COc1ccccc1C(=O)COC(=O)COc1ccc(C(C)=O)cc1. The summed E-state index contributed by atoms with van der Waals surface area (Å²) < 4.78 is 15.3. The molecule has 0 saturated heterocycles. The van der Waals surface area contributed by atoms with Crippen molar-refractivity contribution < 1.29 is 28.6 Å². The molecule has 0 fully saturated rings. The van der Waals surface area contributed by atoms with Crippen molar-refractivity contribution >= 4 is 17.5 Å². The Labute approximate surface area is 145 Å². The molecule has 0 aliphatic rings. The molecular weight excluding hydrogens is 324 g/mol. The lowest BCUT2D eigenvalue weighted by atomic mass is 10.1. The number of carbonyl (C=O) groups is 3. The molecular formula is C19H18O6. The molecule has 0 aromatic heterocycles.